The van der Waals surface area contributed by atoms with Crippen LogP contribution in [0.25, 0.3) is 0 Å². The third-order valence-corrected chi connectivity index (χ3v) is 4.36. The lowest BCUT2D eigenvalue weighted by atomic mass is 10.2. The Morgan fingerprint density at radius 1 is 1.32 bits per heavy atom. The van der Waals surface area contributed by atoms with Crippen molar-refractivity contribution in [2.75, 3.05) is 37.0 Å². The number of carbonyl (C=O) groups excluding carboxylic acids is 2. The van der Waals surface area contributed by atoms with Gasteiger partial charge < -0.3 is 26.0 Å². The Morgan fingerprint density at radius 2 is 2.04 bits per heavy atom. The van der Waals surface area contributed by atoms with E-state index in [1.807, 2.05) is 24.3 Å². The van der Waals surface area contributed by atoms with E-state index in [9.17, 15) is 9.59 Å². The molecule has 0 aromatic heterocycles. The van der Waals surface area contributed by atoms with Crippen LogP contribution in [0.2, 0.25) is 0 Å². The molecule has 2 rings (SSSR count). The van der Waals surface area contributed by atoms with Crippen LogP contribution >= 0.6 is 0 Å². The molecular formula is C18H28N4O3. The molecule has 138 valence electrons. The molecule has 4 N–H and O–H groups in total. The Balaban J connectivity index is 1.88. The zero-order valence-corrected chi connectivity index (χ0v) is 15.0. The molecule has 1 heterocycles. The lowest BCUT2D eigenvalue weighted by Gasteiger charge is -2.19. The van der Waals surface area contributed by atoms with Crippen LogP contribution < -0.4 is 21.3 Å². The molecule has 1 fully saturated rings. The van der Waals surface area contributed by atoms with Gasteiger partial charge in [-0.3, -0.25) is 9.59 Å². The first-order chi connectivity index (χ1) is 12.0. The molecular weight excluding hydrogens is 320 g/mol. The highest BCUT2D eigenvalue weighted by Crippen LogP contribution is 2.23. The Morgan fingerprint density at radius 3 is 2.68 bits per heavy atom. The summed E-state index contributed by atoms with van der Waals surface area (Å²) in [5.41, 5.74) is 7.34. The van der Waals surface area contributed by atoms with Crippen LogP contribution in [0.15, 0.2) is 24.3 Å². The number of benzene rings is 1. The predicted molar refractivity (Wildman–Crippen MR) is 98.6 cm³/mol. The van der Waals surface area contributed by atoms with E-state index in [0.29, 0.717) is 0 Å². The van der Waals surface area contributed by atoms with Crippen molar-refractivity contribution < 1.29 is 14.3 Å². The smallest absolute Gasteiger partial charge is 0.246 e. The second kappa shape index (κ2) is 9.39. The fourth-order valence-electron chi connectivity index (χ4n) is 2.84. The first-order valence-corrected chi connectivity index (χ1v) is 8.71. The van der Waals surface area contributed by atoms with E-state index in [0.717, 1.165) is 24.5 Å². The normalized spacial score (nSPS) is 16.4. The lowest BCUT2D eigenvalue weighted by Crippen LogP contribution is -2.43. The van der Waals surface area contributed by atoms with E-state index in [1.165, 1.54) is 20.0 Å². The van der Waals surface area contributed by atoms with Gasteiger partial charge in [0.15, 0.2) is 0 Å². The molecule has 2 atom stereocenters. The summed E-state index contributed by atoms with van der Waals surface area (Å²) in [5.74, 6) is -0.514. The number of rotatable bonds is 8. The predicted octanol–water partition coefficient (Wildman–Crippen LogP) is 1.09. The number of nitrogens with zero attached hydrogens (tertiary/aromatic N) is 1. The van der Waals surface area contributed by atoms with Crippen molar-refractivity contribution in [2.45, 2.75) is 38.3 Å². The topological polar surface area (TPSA) is 96.7 Å². The first-order valence-electron chi connectivity index (χ1n) is 8.71. The third-order valence-electron chi connectivity index (χ3n) is 4.36. The van der Waals surface area contributed by atoms with E-state index in [4.69, 9.17) is 10.5 Å². The van der Waals surface area contributed by atoms with Gasteiger partial charge in [0.1, 0.15) is 6.04 Å². The number of nitrogens with one attached hydrogen (secondary N) is 2. The summed E-state index contributed by atoms with van der Waals surface area (Å²) in [7, 11) is 1.51. The number of hydrogen-bond acceptors (Lipinski definition) is 5. The number of carbonyl (C=O) groups is 2. The van der Waals surface area contributed by atoms with Gasteiger partial charge in [0.25, 0.3) is 0 Å². The first kappa shape index (κ1) is 19.2. The maximum absolute atomic E-state index is 12.3. The van der Waals surface area contributed by atoms with Crippen molar-refractivity contribution in [1.29, 1.82) is 0 Å². The molecule has 7 heteroatoms. The number of ether oxygens (including phenoxy) is 1. The summed E-state index contributed by atoms with van der Waals surface area (Å²) in [6.45, 7) is 4.01. The van der Waals surface area contributed by atoms with E-state index < -0.39 is 6.04 Å². The maximum atomic E-state index is 12.3. The van der Waals surface area contributed by atoms with Crippen LogP contribution in [0.4, 0.5) is 11.4 Å². The van der Waals surface area contributed by atoms with Gasteiger partial charge in [-0.2, -0.15) is 0 Å². The summed E-state index contributed by atoms with van der Waals surface area (Å²) < 4.78 is 5.08. The van der Waals surface area contributed by atoms with Crippen LogP contribution in [0.1, 0.15) is 26.2 Å². The molecule has 1 saturated heterocycles. The van der Waals surface area contributed by atoms with Gasteiger partial charge in [0.2, 0.25) is 11.8 Å². The zero-order chi connectivity index (χ0) is 18.2. The van der Waals surface area contributed by atoms with Gasteiger partial charge >= 0.3 is 0 Å². The minimum atomic E-state index is -0.641. The molecule has 0 aliphatic carbocycles. The molecule has 1 aromatic rings. The van der Waals surface area contributed by atoms with Crippen molar-refractivity contribution in [3.63, 3.8) is 0 Å². The number of methoxy groups -OCH3 is 1. The number of anilines is 2. The van der Waals surface area contributed by atoms with Crippen molar-refractivity contribution in [3.8, 4) is 0 Å². The third kappa shape index (κ3) is 5.72. The standard InChI is InChI=1S/C18H28N4O3/c1-13(20-17(23)11-16(12-19)25-2)18(24)21-14-6-5-7-15(10-14)22-8-3-4-9-22/h5-7,10,13,16H,3-4,8-9,11-12,19H2,1-2H3,(H,20,23)(H,21,24). The van der Waals surface area contributed by atoms with Gasteiger partial charge in [-0.15, -0.1) is 0 Å². The molecule has 1 aromatic carbocycles. The van der Waals surface area contributed by atoms with Crippen molar-refractivity contribution in [3.05, 3.63) is 24.3 Å². The molecule has 1 aliphatic heterocycles. The van der Waals surface area contributed by atoms with E-state index >= 15 is 0 Å². The maximum Gasteiger partial charge on any atom is 0.246 e. The number of amides is 2. The second-order valence-corrected chi connectivity index (χ2v) is 6.32. The largest absolute Gasteiger partial charge is 0.380 e. The average Bonchev–Trinajstić information content (AvgIpc) is 3.14. The van der Waals surface area contributed by atoms with Gasteiger partial charge in [0, 0.05) is 38.1 Å². The Labute approximate surface area is 148 Å². The summed E-state index contributed by atoms with van der Waals surface area (Å²) in [5, 5.41) is 5.53. The summed E-state index contributed by atoms with van der Waals surface area (Å²) in [6.07, 6.45) is 2.19. The Bertz CT molecular complexity index is 583. The van der Waals surface area contributed by atoms with E-state index in [1.54, 1.807) is 6.92 Å². The Kier molecular flexibility index (Phi) is 7.21. The molecule has 7 nitrogen and oxygen atoms in total. The molecule has 0 bridgehead atoms. The summed E-state index contributed by atoms with van der Waals surface area (Å²) in [4.78, 5) is 26.5. The average molecular weight is 348 g/mol. The summed E-state index contributed by atoms with van der Waals surface area (Å²) in [6, 6.07) is 7.15. The minimum Gasteiger partial charge on any atom is -0.380 e. The van der Waals surface area contributed by atoms with Crippen LogP contribution in [-0.4, -0.2) is 50.7 Å². The van der Waals surface area contributed by atoms with Gasteiger partial charge in [-0.05, 0) is 38.0 Å². The van der Waals surface area contributed by atoms with Crippen molar-refractivity contribution >= 4 is 23.2 Å². The molecule has 25 heavy (non-hydrogen) atoms. The van der Waals surface area contributed by atoms with E-state index in [-0.39, 0.29) is 30.9 Å². The molecule has 1 aliphatic rings. The summed E-state index contributed by atoms with van der Waals surface area (Å²) >= 11 is 0. The number of nitrogens with two attached hydrogens (primary N) is 1. The molecule has 2 amide bonds. The van der Waals surface area contributed by atoms with Crippen LogP contribution in [0, 0.1) is 0 Å². The van der Waals surface area contributed by atoms with Crippen molar-refractivity contribution in [2.24, 2.45) is 5.73 Å². The van der Waals surface area contributed by atoms with Crippen LogP contribution in [-0.2, 0) is 14.3 Å². The van der Waals surface area contributed by atoms with Crippen LogP contribution in [0.3, 0.4) is 0 Å². The number of hydrogen-bond donors (Lipinski definition) is 3. The quantitative estimate of drug-likeness (QED) is 0.653. The fraction of sp³-hybridized carbons (Fsp3) is 0.556. The zero-order valence-electron chi connectivity index (χ0n) is 15.0. The Hall–Kier alpha value is -2.12. The van der Waals surface area contributed by atoms with Gasteiger partial charge in [0.05, 0.1) is 12.5 Å². The van der Waals surface area contributed by atoms with Crippen LogP contribution in [0.5, 0.6) is 0 Å². The highest BCUT2D eigenvalue weighted by Gasteiger charge is 2.19. The highest BCUT2D eigenvalue weighted by molar-refractivity contribution is 5.97. The second-order valence-electron chi connectivity index (χ2n) is 6.32. The molecule has 0 spiro atoms. The highest BCUT2D eigenvalue weighted by atomic mass is 16.5. The SMILES string of the molecule is COC(CN)CC(=O)NC(C)C(=O)Nc1cccc(N2CCCC2)c1. The van der Waals surface area contributed by atoms with Crippen molar-refractivity contribution in [1.82, 2.24) is 5.32 Å². The molecule has 0 saturated carbocycles. The monoisotopic (exact) mass is 348 g/mol. The van der Waals surface area contributed by atoms with E-state index in [2.05, 4.69) is 15.5 Å². The fourth-order valence-corrected chi connectivity index (χ4v) is 2.84. The van der Waals surface area contributed by atoms with Gasteiger partial charge in [-0.1, -0.05) is 6.07 Å². The molecule has 2 unspecified atom stereocenters. The lowest BCUT2D eigenvalue weighted by molar-refractivity contribution is -0.127. The minimum absolute atomic E-state index is 0.134. The van der Waals surface area contributed by atoms with Gasteiger partial charge in [-0.25, -0.2) is 0 Å². The molecule has 0 radical (unpaired) electrons.